The van der Waals surface area contributed by atoms with Crippen LogP contribution in [-0.4, -0.2) is 13.7 Å². The highest BCUT2D eigenvalue weighted by atomic mass is 19.1. The zero-order valence-electron chi connectivity index (χ0n) is 65.0. The van der Waals surface area contributed by atoms with Crippen LogP contribution in [0.1, 0.15) is 169 Å². The van der Waals surface area contributed by atoms with E-state index in [-0.39, 0.29) is 5.82 Å². The lowest BCUT2D eigenvalue weighted by molar-refractivity contribution is -0.671. The molecule has 6 heterocycles. The Kier molecular flexibility index (Phi) is 19.7. The van der Waals surface area contributed by atoms with E-state index in [9.17, 15) is 4.39 Å². The summed E-state index contributed by atoms with van der Waals surface area (Å²) in [5.74, 6) is 5.78. The number of rotatable bonds is 15. The summed E-state index contributed by atoms with van der Waals surface area (Å²) >= 11 is 0. The van der Waals surface area contributed by atoms with Gasteiger partial charge in [-0.2, -0.15) is 13.7 Å². The predicted molar refractivity (Wildman–Crippen MR) is 449 cm³/mol. The molecule has 12 aromatic carbocycles. The molecule has 7 heteroatoms. The summed E-state index contributed by atoms with van der Waals surface area (Å²) in [5, 5.41) is 0. The first-order chi connectivity index (χ1) is 52.9. The molecule has 0 unspecified atom stereocenters. The molecule has 0 spiro atoms. The molecule has 0 saturated carbocycles. The van der Waals surface area contributed by atoms with Gasteiger partial charge in [0.25, 0.3) is 17.5 Å². The van der Waals surface area contributed by atoms with E-state index in [0.717, 1.165) is 30.0 Å². The van der Waals surface area contributed by atoms with Crippen molar-refractivity contribution in [1.29, 1.82) is 0 Å². The normalized spacial score (nSPS) is 12.3. The van der Waals surface area contributed by atoms with Crippen LogP contribution in [0, 0.1) is 5.82 Å². The Labute approximate surface area is 644 Å². The van der Waals surface area contributed by atoms with Crippen LogP contribution in [0.25, 0.3) is 118 Å². The summed E-state index contributed by atoms with van der Waals surface area (Å²) in [6.45, 7) is 30.2. The largest absolute Gasteiger partial charge is 0.294 e. The number of imidazole rings is 3. The molecular formula is C102H98FN6+3. The lowest BCUT2D eigenvalue weighted by Crippen LogP contribution is -2.30. The van der Waals surface area contributed by atoms with Crippen LogP contribution in [0.2, 0.25) is 0 Å². The van der Waals surface area contributed by atoms with Crippen molar-refractivity contribution in [2.45, 2.75) is 138 Å². The van der Waals surface area contributed by atoms with Crippen molar-refractivity contribution in [2.75, 3.05) is 0 Å². The molecule has 0 fully saturated rings. The second kappa shape index (κ2) is 30.1. The molecule has 0 N–H and O–H groups in total. The van der Waals surface area contributed by atoms with Gasteiger partial charge in [-0.25, -0.2) is 18.1 Å². The Morgan fingerprint density at radius 3 is 0.835 bits per heavy atom. The van der Waals surface area contributed by atoms with Gasteiger partial charge in [0.15, 0.2) is 0 Å². The van der Waals surface area contributed by atoms with Crippen LogP contribution in [0.4, 0.5) is 4.39 Å². The summed E-state index contributed by atoms with van der Waals surface area (Å²) < 4.78 is 28.1. The number of halogens is 1. The molecule has 540 valence electrons. The molecule has 3 aromatic heterocycles. The highest BCUT2D eigenvalue weighted by molar-refractivity contribution is 5.84. The lowest BCUT2D eigenvalue weighted by atomic mass is 9.86. The van der Waals surface area contributed by atoms with E-state index in [4.69, 9.17) is 0 Å². The summed E-state index contributed by atoms with van der Waals surface area (Å²) in [7, 11) is 0. The topological polar surface area (TPSA) is 26.4 Å². The number of fused-ring (bicyclic) bond motifs is 9. The number of nitrogens with zero attached hydrogens (tertiary/aromatic N) is 6. The van der Waals surface area contributed by atoms with Crippen LogP contribution in [-0.2, 0) is 19.6 Å². The van der Waals surface area contributed by atoms with Gasteiger partial charge in [0.05, 0.1) is 16.7 Å². The third-order valence-corrected chi connectivity index (χ3v) is 22.4. The molecule has 18 rings (SSSR count). The van der Waals surface area contributed by atoms with Gasteiger partial charge >= 0.3 is 0 Å². The summed E-state index contributed by atoms with van der Waals surface area (Å²) in [6, 6.07) is 96.0. The molecular weight excluding hydrogens is 1330 g/mol. The average Bonchev–Trinajstić information content (AvgIpc) is 1.63. The Morgan fingerprint density at radius 1 is 0.239 bits per heavy atom. The van der Waals surface area contributed by atoms with E-state index in [1.54, 1.807) is 12.1 Å². The van der Waals surface area contributed by atoms with Gasteiger partial charge in [-0.1, -0.05) is 259 Å². The van der Waals surface area contributed by atoms with Crippen LogP contribution < -0.4 is 13.7 Å². The van der Waals surface area contributed by atoms with Crippen molar-refractivity contribution >= 4 is 0 Å². The fraction of sp³-hybridized carbons (Fsp3) is 0.206. The summed E-state index contributed by atoms with van der Waals surface area (Å²) in [5.41, 5.74) is 34.8. The van der Waals surface area contributed by atoms with E-state index in [2.05, 4.69) is 396 Å². The van der Waals surface area contributed by atoms with Gasteiger partial charge in [0, 0.05) is 50.1 Å². The van der Waals surface area contributed by atoms with Gasteiger partial charge in [-0.3, -0.25) is 0 Å². The van der Waals surface area contributed by atoms with E-state index in [0.29, 0.717) is 42.1 Å². The van der Waals surface area contributed by atoms with Gasteiger partial charge in [0.2, 0.25) is 0 Å². The predicted octanol–water partition coefficient (Wildman–Crippen LogP) is 25.3. The highest BCUT2D eigenvalue weighted by Crippen LogP contribution is 2.45. The van der Waals surface area contributed by atoms with Gasteiger partial charge in [-0.05, 0) is 193 Å². The first-order valence-corrected chi connectivity index (χ1v) is 39.2. The molecule has 0 bridgehead atoms. The van der Waals surface area contributed by atoms with Crippen LogP contribution in [0.3, 0.4) is 0 Å². The molecule has 15 aromatic rings. The Hall–Kier alpha value is -11.8. The van der Waals surface area contributed by atoms with Crippen molar-refractivity contribution in [3.05, 3.63) is 360 Å². The van der Waals surface area contributed by atoms with Gasteiger partial charge in [-0.15, -0.1) is 0 Å². The Morgan fingerprint density at radius 2 is 0.486 bits per heavy atom. The second-order valence-corrected chi connectivity index (χ2v) is 31.8. The van der Waals surface area contributed by atoms with E-state index >= 15 is 0 Å². The smallest absolute Gasteiger partial charge is 0.225 e. The Bertz CT molecular complexity index is 5700. The van der Waals surface area contributed by atoms with E-state index < -0.39 is 0 Å². The molecule has 6 nitrogen and oxygen atoms in total. The number of hydrogen-bond donors (Lipinski definition) is 0. The van der Waals surface area contributed by atoms with E-state index in [1.807, 2.05) is 6.07 Å². The van der Waals surface area contributed by atoms with Gasteiger partial charge in [0.1, 0.15) is 79.7 Å². The maximum Gasteiger partial charge on any atom is 0.294 e. The lowest BCUT2D eigenvalue weighted by Gasteiger charge is -2.20. The zero-order valence-corrected chi connectivity index (χ0v) is 65.0. The fourth-order valence-corrected chi connectivity index (χ4v) is 16.8. The molecule has 3 aliphatic heterocycles. The zero-order chi connectivity index (χ0) is 75.3. The maximum absolute atomic E-state index is 13.8. The first kappa shape index (κ1) is 71.5. The van der Waals surface area contributed by atoms with Crippen LogP contribution in [0.5, 0.6) is 0 Å². The maximum atomic E-state index is 13.8. The van der Waals surface area contributed by atoms with Crippen LogP contribution in [0.15, 0.2) is 304 Å². The van der Waals surface area contributed by atoms with Crippen molar-refractivity contribution in [3.8, 4) is 118 Å². The summed E-state index contributed by atoms with van der Waals surface area (Å²) in [6.07, 6.45) is 13.3. The van der Waals surface area contributed by atoms with Gasteiger partial charge < -0.3 is 0 Å². The minimum Gasteiger partial charge on any atom is -0.225 e. The standard InChI is InChI=1S/C40H37N2.C34H33N2.C28H28FN2/c1-27(2)37-24-35(34-22-32(29-13-7-5-8-14-29)21-33(23-34)30-15-9-6-10-16-30)25-38(28(3)4)39(37)42-20-19-41-26-31-17-11-12-18-36(31)40(41)42;1-23(2)31-20-29(27-15-10-14-26(19-27)25-11-6-5-7-12-25)21-32(24(3)4)33(31)36-18-17-35-22-28-13-8-9-16-30(28)34(35)36;1-18(2)25-15-21(20-8-6-5-7-9-20)16-26(19(3)4)27(25)31-13-12-30-17-22-14-23(29)10-11-24(22)28(30)31/h5-25,27-28H,26H2,1-4H3;5-21,23-24H,22H2,1-4H3;5-16,18-19H,17H2,1-4H3/q3*+1. The highest BCUT2D eigenvalue weighted by Gasteiger charge is 2.37. The Balaban J connectivity index is 0.000000126. The third kappa shape index (κ3) is 13.9. The molecule has 3 aliphatic rings. The fourth-order valence-electron chi connectivity index (χ4n) is 16.8. The summed E-state index contributed by atoms with van der Waals surface area (Å²) in [4.78, 5) is 0. The van der Waals surface area contributed by atoms with Crippen LogP contribution >= 0.6 is 0 Å². The van der Waals surface area contributed by atoms with Crippen molar-refractivity contribution < 1.29 is 18.1 Å². The van der Waals surface area contributed by atoms with Crippen molar-refractivity contribution in [3.63, 3.8) is 0 Å². The molecule has 0 saturated heterocycles. The van der Waals surface area contributed by atoms with Crippen molar-refractivity contribution in [1.82, 2.24) is 13.7 Å². The quantitative estimate of drug-likeness (QED) is 0.0915. The minimum absolute atomic E-state index is 0.172. The molecule has 109 heavy (non-hydrogen) atoms. The number of benzene rings is 12. The van der Waals surface area contributed by atoms with Crippen molar-refractivity contribution in [2.24, 2.45) is 0 Å². The average molecular weight is 1430 g/mol. The monoisotopic (exact) mass is 1430 g/mol. The van der Waals surface area contributed by atoms with E-state index in [1.165, 1.54) is 151 Å². The molecule has 0 aliphatic carbocycles. The molecule has 0 amide bonds. The molecule has 0 radical (unpaired) electrons. The number of hydrogen-bond acceptors (Lipinski definition) is 0. The SMILES string of the molecule is CC(C)c1cc(-c2cc(-c3ccccc3)cc(-c3ccccc3)c2)cc(C(C)C)c1-n1cc[n+]2c1-c1ccccc1C2.CC(C)c1cc(-c2cccc(-c3ccccc3)c2)cc(C(C)C)c1-n1cc[n+]2c1-c1ccccc1C2.CC(C)c1cc(-c2ccccc2)cc(C(C)C)c1-n1cc[n+]2c1-c1ccc(F)cc1C2. The third-order valence-electron chi connectivity index (χ3n) is 22.4. The second-order valence-electron chi connectivity index (χ2n) is 31.8. The number of aromatic nitrogens is 6. The molecule has 0 atom stereocenters. The minimum atomic E-state index is -0.172. The first-order valence-electron chi connectivity index (χ1n) is 39.2.